The largest absolute Gasteiger partial charge is 0.338 e. The summed E-state index contributed by atoms with van der Waals surface area (Å²) in [7, 11) is 0. The Bertz CT molecular complexity index is 230. The molecule has 3 nitrogen and oxygen atoms in total. The number of nitrogens with one attached hydrogen (secondary N) is 2. The number of hydrogen-bond acceptors (Lipinski definition) is 1. The first-order valence-corrected chi connectivity index (χ1v) is 6.22. The van der Waals surface area contributed by atoms with Gasteiger partial charge < -0.3 is 10.6 Å². The minimum absolute atomic E-state index is 0.0318. The predicted octanol–water partition coefficient (Wildman–Crippen LogP) is 2.42. The molecule has 2 fully saturated rings. The number of hydrogen-bond donors (Lipinski definition) is 2. The Hall–Kier alpha value is -0.730. The maximum absolute atomic E-state index is 11.5. The van der Waals surface area contributed by atoms with Crippen LogP contribution in [0.1, 0.15) is 51.9 Å². The van der Waals surface area contributed by atoms with Crippen LogP contribution >= 0.6 is 0 Å². The number of rotatable bonds is 3. The van der Waals surface area contributed by atoms with E-state index < -0.39 is 0 Å². The Balaban J connectivity index is 1.68. The van der Waals surface area contributed by atoms with E-state index in [9.17, 15) is 4.79 Å². The van der Waals surface area contributed by atoms with Gasteiger partial charge in [-0.2, -0.15) is 0 Å². The van der Waals surface area contributed by atoms with Gasteiger partial charge in [0.2, 0.25) is 0 Å². The summed E-state index contributed by atoms with van der Waals surface area (Å²) < 4.78 is 0. The quantitative estimate of drug-likeness (QED) is 0.738. The lowest BCUT2D eigenvalue weighted by Gasteiger charge is -2.33. The van der Waals surface area contributed by atoms with Crippen LogP contribution in [0, 0.1) is 5.41 Å². The van der Waals surface area contributed by atoms with E-state index in [1.54, 1.807) is 0 Å². The number of amides is 2. The third kappa shape index (κ3) is 3.40. The van der Waals surface area contributed by atoms with Crippen molar-refractivity contribution in [3.8, 4) is 0 Å². The Morgan fingerprint density at radius 2 is 1.93 bits per heavy atom. The molecular formula is C12H22N2O. The van der Waals surface area contributed by atoms with Gasteiger partial charge in [-0.05, 0) is 31.1 Å². The van der Waals surface area contributed by atoms with Crippen molar-refractivity contribution in [1.29, 1.82) is 0 Å². The highest BCUT2D eigenvalue weighted by Crippen LogP contribution is 2.34. The molecule has 86 valence electrons. The molecule has 3 heteroatoms. The second kappa shape index (κ2) is 4.42. The lowest BCUT2D eigenvalue weighted by molar-refractivity contribution is 0.199. The summed E-state index contributed by atoms with van der Waals surface area (Å²) >= 11 is 0. The molecule has 2 saturated carbocycles. The molecular weight excluding hydrogens is 188 g/mol. The average Bonchev–Trinajstić information content (AvgIpc) is 3.00. The van der Waals surface area contributed by atoms with Crippen LogP contribution in [0.2, 0.25) is 0 Å². The van der Waals surface area contributed by atoms with Gasteiger partial charge in [-0.15, -0.1) is 0 Å². The summed E-state index contributed by atoms with van der Waals surface area (Å²) in [6.07, 6.45) is 8.84. The Morgan fingerprint density at radius 3 is 2.53 bits per heavy atom. The molecule has 2 N–H and O–H groups in total. The highest BCUT2D eigenvalue weighted by atomic mass is 16.2. The molecule has 15 heavy (non-hydrogen) atoms. The monoisotopic (exact) mass is 210 g/mol. The third-order valence-corrected chi connectivity index (χ3v) is 3.65. The normalized spacial score (nSPS) is 24.6. The number of carbonyl (C=O) groups excluding carboxylic acids is 1. The third-order valence-electron chi connectivity index (χ3n) is 3.65. The second-order valence-corrected chi connectivity index (χ2v) is 5.47. The lowest BCUT2D eigenvalue weighted by atomic mass is 9.76. The molecule has 0 heterocycles. The summed E-state index contributed by atoms with van der Waals surface area (Å²) in [5.41, 5.74) is 0.346. The van der Waals surface area contributed by atoms with Gasteiger partial charge >= 0.3 is 6.03 Å². The van der Waals surface area contributed by atoms with Crippen LogP contribution in [0.3, 0.4) is 0 Å². The molecule has 0 radical (unpaired) electrons. The van der Waals surface area contributed by atoms with Gasteiger partial charge in [0.05, 0.1) is 0 Å². The second-order valence-electron chi connectivity index (χ2n) is 5.47. The average molecular weight is 210 g/mol. The number of carbonyl (C=O) groups is 1. The van der Waals surface area contributed by atoms with E-state index in [0.717, 1.165) is 19.4 Å². The highest BCUT2D eigenvalue weighted by molar-refractivity contribution is 5.74. The van der Waals surface area contributed by atoms with Gasteiger partial charge in [-0.1, -0.05) is 26.2 Å². The lowest BCUT2D eigenvalue weighted by Crippen LogP contribution is -2.43. The van der Waals surface area contributed by atoms with Gasteiger partial charge in [0.25, 0.3) is 0 Å². The van der Waals surface area contributed by atoms with Gasteiger partial charge in [0, 0.05) is 12.6 Å². The van der Waals surface area contributed by atoms with Crippen molar-refractivity contribution in [1.82, 2.24) is 10.6 Å². The van der Waals surface area contributed by atoms with Crippen molar-refractivity contribution in [2.75, 3.05) is 6.54 Å². The van der Waals surface area contributed by atoms with Crippen LogP contribution in [0.5, 0.6) is 0 Å². The van der Waals surface area contributed by atoms with E-state index in [2.05, 4.69) is 17.6 Å². The Labute approximate surface area is 92.0 Å². The summed E-state index contributed by atoms with van der Waals surface area (Å²) in [5.74, 6) is 0. The van der Waals surface area contributed by atoms with Gasteiger partial charge in [0.15, 0.2) is 0 Å². The van der Waals surface area contributed by atoms with E-state index in [1.807, 2.05) is 0 Å². The summed E-state index contributed by atoms with van der Waals surface area (Å²) in [4.78, 5) is 11.5. The molecule has 2 aliphatic carbocycles. The van der Waals surface area contributed by atoms with Crippen molar-refractivity contribution >= 4 is 6.03 Å². The molecule has 2 amide bonds. The molecule has 2 aliphatic rings. The predicted molar refractivity (Wildman–Crippen MR) is 60.7 cm³/mol. The van der Waals surface area contributed by atoms with Crippen LogP contribution in [0.25, 0.3) is 0 Å². The maximum Gasteiger partial charge on any atom is 0.315 e. The molecule has 2 rings (SSSR count). The molecule has 0 aromatic carbocycles. The van der Waals surface area contributed by atoms with Crippen molar-refractivity contribution in [2.45, 2.75) is 57.9 Å². The SMILES string of the molecule is CC1(CNC(=O)NC2CC2)CCCCC1. The molecule has 0 spiro atoms. The zero-order chi connectivity index (χ0) is 10.7. The van der Waals surface area contributed by atoms with E-state index >= 15 is 0 Å². The van der Waals surface area contributed by atoms with Crippen molar-refractivity contribution in [3.05, 3.63) is 0 Å². The standard InChI is InChI=1S/C12H22N2O/c1-12(7-3-2-4-8-12)9-13-11(15)14-10-5-6-10/h10H,2-9H2,1H3,(H2,13,14,15). The molecule has 0 bridgehead atoms. The molecule has 0 unspecified atom stereocenters. The topological polar surface area (TPSA) is 41.1 Å². The van der Waals surface area contributed by atoms with Crippen molar-refractivity contribution in [3.63, 3.8) is 0 Å². The zero-order valence-electron chi connectivity index (χ0n) is 9.64. The first-order chi connectivity index (χ1) is 7.18. The van der Waals surface area contributed by atoms with Crippen LogP contribution in [0.15, 0.2) is 0 Å². The summed E-state index contributed by atoms with van der Waals surface area (Å²) in [6.45, 7) is 3.13. The van der Waals surface area contributed by atoms with Gasteiger partial charge in [0.1, 0.15) is 0 Å². The molecule has 0 atom stereocenters. The molecule has 0 aliphatic heterocycles. The van der Waals surface area contributed by atoms with E-state index in [0.29, 0.717) is 11.5 Å². The zero-order valence-corrected chi connectivity index (χ0v) is 9.64. The fourth-order valence-corrected chi connectivity index (χ4v) is 2.34. The minimum Gasteiger partial charge on any atom is -0.338 e. The Morgan fingerprint density at radius 1 is 1.27 bits per heavy atom. The van der Waals surface area contributed by atoms with Crippen molar-refractivity contribution < 1.29 is 4.79 Å². The van der Waals surface area contributed by atoms with E-state index in [-0.39, 0.29) is 6.03 Å². The summed E-state index contributed by atoms with van der Waals surface area (Å²) in [5, 5.41) is 5.97. The van der Waals surface area contributed by atoms with Crippen LogP contribution in [-0.2, 0) is 0 Å². The van der Waals surface area contributed by atoms with Crippen LogP contribution < -0.4 is 10.6 Å². The minimum atomic E-state index is 0.0318. The first kappa shape index (κ1) is 10.8. The summed E-state index contributed by atoms with van der Waals surface area (Å²) in [6, 6.07) is 0.494. The molecule has 0 aromatic heterocycles. The van der Waals surface area contributed by atoms with Gasteiger partial charge in [-0.3, -0.25) is 0 Å². The fraction of sp³-hybridized carbons (Fsp3) is 0.917. The number of urea groups is 1. The highest BCUT2D eigenvalue weighted by Gasteiger charge is 2.28. The maximum atomic E-state index is 11.5. The van der Waals surface area contributed by atoms with Crippen molar-refractivity contribution in [2.24, 2.45) is 5.41 Å². The first-order valence-electron chi connectivity index (χ1n) is 6.22. The molecule has 0 saturated heterocycles. The molecule has 0 aromatic rings. The van der Waals surface area contributed by atoms with E-state index in [1.165, 1.54) is 32.1 Å². The fourth-order valence-electron chi connectivity index (χ4n) is 2.34. The van der Waals surface area contributed by atoms with Crippen LogP contribution in [-0.4, -0.2) is 18.6 Å². The van der Waals surface area contributed by atoms with Gasteiger partial charge in [-0.25, -0.2) is 4.79 Å². The Kier molecular flexibility index (Phi) is 3.17. The van der Waals surface area contributed by atoms with Crippen LogP contribution in [0.4, 0.5) is 4.79 Å². The van der Waals surface area contributed by atoms with E-state index in [4.69, 9.17) is 0 Å². The smallest absolute Gasteiger partial charge is 0.315 e.